The monoisotopic (exact) mass is 420 g/mol. The van der Waals surface area contributed by atoms with Crippen LogP contribution in [0.1, 0.15) is 34.5 Å². The number of thiazole rings is 2. The quantitative estimate of drug-likeness (QED) is 0.656. The number of benzene rings is 1. The summed E-state index contributed by atoms with van der Waals surface area (Å²) < 4.78 is 1.17. The van der Waals surface area contributed by atoms with E-state index < -0.39 is 0 Å². The van der Waals surface area contributed by atoms with Crippen LogP contribution in [0.25, 0.3) is 10.2 Å². The number of halogens is 1. The number of carbonyl (C=O) groups excluding carboxylic acids is 1. The highest BCUT2D eigenvalue weighted by molar-refractivity contribution is 7.18. The zero-order valence-electron chi connectivity index (χ0n) is 15.1. The van der Waals surface area contributed by atoms with Crippen molar-refractivity contribution in [2.45, 2.75) is 32.1 Å². The van der Waals surface area contributed by atoms with Gasteiger partial charge in [-0.25, -0.2) is 14.8 Å². The van der Waals surface area contributed by atoms with Gasteiger partial charge in [0.2, 0.25) is 0 Å². The molecule has 0 aliphatic carbocycles. The lowest BCUT2D eigenvalue weighted by Gasteiger charge is -2.31. The molecule has 2 amide bonds. The number of fused-ring (bicyclic) bond motifs is 1. The first-order valence-corrected chi connectivity index (χ1v) is 11.2. The molecule has 5 nitrogen and oxygen atoms in total. The van der Waals surface area contributed by atoms with E-state index in [1.54, 1.807) is 22.7 Å². The summed E-state index contributed by atoms with van der Waals surface area (Å²) in [6.45, 7) is 4.16. The van der Waals surface area contributed by atoms with Crippen LogP contribution in [0.2, 0.25) is 5.02 Å². The van der Waals surface area contributed by atoms with E-state index in [0.717, 1.165) is 58.6 Å². The Bertz CT molecular complexity index is 946. The first-order chi connectivity index (χ1) is 13.1. The Labute approximate surface area is 171 Å². The van der Waals surface area contributed by atoms with Gasteiger partial charge in [0.1, 0.15) is 0 Å². The van der Waals surface area contributed by atoms with Crippen LogP contribution in [-0.2, 0) is 6.42 Å². The molecule has 3 heterocycles. The Balaban J connectivity index is 1.28. The average Bonchev–Trinajstić information content (AvgIpc) is 3.27. The van der Waals surface area contributed by atoms with Gasteiger partial charge < -0.3 is 10.2 Å². The van der Waals surface area contributed by atoms with Crippen molar-refractivity contribution in [2.75, 3.05) is 19.6 Å². The van der Waals surface area contributed by atoms with Crippen LogP contribution < -0.4 is 5.32 Å². The molecule has 0 spiro atoms. The summed E-state index contributed by atoms with van der Waals surface area (Å²) in [6, 6.07) is 5.89. The second kappa shape index (κ2) is 8.12. The van der Waals surface area contributed by atoms with Crippen LogP contribution >= 0.6 is 34.3 Å². The lowest BCUT2D eigenvalue weighted by atomic mass is 9.98. The van der Waals surface area contributed by atoms with Gasteiger partial charge in [0.15, 0.2) is 0 Å². The molecule has 2 aromatic heterocycles. The van der Waals surface area contributed by atoms with Crippen molar-refractivity contribution >= 4 is 50.5 Å². The van der Waals surface area contributed by atoms with E-state index in [9.17, 15) is 4.79 Å². The lowest BCUT2D eigenvalue weighted by Crippen LogP contribution is -2.44. The maximum absolute atomic E-state index is 12.4. The number of aromatic nitrogens is 2. The van der Waals surface area contributed by atoms with Gasteiger partial charge in [-0.15, -0.1) is 22.7 Å². The SMILES string of the molecule is Cc1nc(CCNC(=O)N2CCC(c3nc4cc(Cl)ccc4s3)CC2)cs1. The number of urea groups is 1. The van der Waals surface area contributed by atoms with Crippen LogP contribution in [0.3, 0.4) is 0 Å². The number of likely N-dealkylation sites (tertiary alicyclic amines) is 1. The van der Waals surface area contributed by atoms with Crippen molar-refractivity contribution in [3.63, 3.8) is 0 Å². The highest BCUT2D eigenvalue weighted by Gasteiger charge is 2.25. The molecule has 1 aliphatic heterocycles. The summed E-state index contributed by atoms with van der Waals surface area (Å²) in [6.07, 6.45) is 2.68. The number of aryl methyl sites for hydroxylation is 1. The maximum Gasteiger partial charge on any atom is 0.317 e. The Morgan fingerprint density at radius 3 is 2.89 bits per heavy atom. The van der Waals surface area contributed by atoms with E-state index in [4.69, 9.17) is 16.6 Å². The molecule has 0 saturated carbocycles. The molecule has 1 N–H and O–H groups in total. The third-order valence-corrected chi connectivity index (χ3v) is 7.08. The molecule has 1 aliphatic rings. The minimum atomic E-state index is 0.0245. The second-order valence-corrected chi connectivity index (χ2v) is 9.33. The molecule has 0 bridgehead atoms. The highest BCUT2D eigenvalue weighted by Crippen LogP contribution is 2.34. The molecule has 4 rings (SSSR count). The molecule has 8 heteroatoms. The summed E-state index contributed by atoms with van der Waals surface area (Å²) >= 11 is 9.45. The number of hydrogen-bond donors (Lipinski definition) is 1. The fraction of sp³-hybridized carbons (Fsp3) is 0.421. The second-order valence-electron chi connectivity index (χ2n) is 6.77. The summed E-state index contributed by atoms with van der Waals surface area (Å²) in [5, 5.41) is 8.01. The van der Waals surface area contributed by atoms with Crippen molar-refractivity contribution in [2.24, 2.45) is 0 Å². The standard InChI is InChI=1S/C19H21ClN4OS2/c1-12-22-15(11-26-12)4-7-21-19(25)24-8-5-13(6-9-24)18-23-16-10-14(20)2-3-17(16)27-18/h2-3,10-11,13H,4-9H2,1H3,(H,21,25). The van der Waals surface area contributed by atoms with Gasteiger partial charge in [0.25, 0.3) is 0 Å². The van der Waals surface area contributed by atoms with E-state index in [1.807, 2.05) is 30.0 Å². The van der Waals surface area contributed by atoms with Gasteiger partial charge in [0.05, 0.1) is 25.9 Å². The molecular weight excluding hydrogens is 400 g/mol. The lowest BCUT2D eigenvalue weighted by molar-refractivity contribution is 0.181. The minimum absolute atomic E-state index is 0.0245. The fourth-order valence-corrected chi connectivity index (χ4v) is 5.29. The van der Waals surface area contributed by atoms with Gasteiger partial charge in [-0.1, -0.05) is 11.6 Å². The Morgan fingerprint density at radius 2 is 2.15 bits per heavy atom. The van der Waals surface area contributed by atoms with Gasteiger partial charge >= 0.3 is 6.03 Å². The normalized spacial score (nSPS) is 15.4. The van der Waals surface area contributed by atoms with Gasteiger partial charge in [-0.2, -0.15) is 0 Å². The number of carbonyl (C=O) groups is 1. The Morgan fingerprint density at radius 1 is 1.33 bits per heavy atom. The number of piperidine rings is 1. The fourth-order valence-electron chi connectivity index (χ4n) is 3.35. The topological polar surface area (TPSA) is 58.1 Å². The van der Waals surface area contributed by atoms with Crippen molar-refractivity contribution in [1.82, 2.24) is 20.2 Å². The summed E-state index contributed by atoms with van der Waals surface area (Å²) in [5.74, 6) is 0.420. The van der Waals surface area contributed by atoms with Crippen molar-refractivity contribution < 1.29 is 4.79 Å². The van der Waals surface area contributed by atoms with Crippen LogP contribution in [0, 0.1) is 6.92 Å². The van der Waals surface area contributed by atoms with Crippen molar-refractivity contribution in [3.05, 3.63) is 44.3 Å². The number of amides is 2. The van der Waals surface area contributed by atoms with Crippen LogP contribution in [0.5, 0.6) is 0 Å². The van der Waals surface area contributed by atoms with Crippen LogP contribution in [0.4, 0.5) is 4.79 Å². The molecule has 0 radical (unpaired) electrons. The molecule has 142 valence electrons. The van der Waals surface area contributed by atoms with Crippen LogP contribution in [0.15, 0.2) is 23.6 Å². The van der Waals surface area contributed by atoms with Crippen molar-refractivity contribution in [3.8, 4) is 0 Å². The van der Waals surface area contributed by atoms with E-state index in [-0.39, 0.29) is 6.03 Å². The molecular formula is C19H21ClN4OS2. The molecule has 0 atom stereocenters. The number of hydrogen-bond acceptors (Lipinski definition) is 5. The smallest absolute Gasteiger partial charge is 0.317 e. The third kappa shape index (κ3) is 4.42. The first kappa shape index (κ1) is 18.7. The Hall–Kier alpha value is -1.70. The predicted octanol–water partition coefficient (Wildman–Crippen LogP) is 4.85. The van der Waals surface area contributed by atoms with E-state index in [1.165, 1.54) is 4.70 Å². The molecule has 27 heavy (non-hydrogen) atoms. The zero-order valence-corrected chi connectivity index (χ0v) is 17.5. The Kier molecular flexibility index (Phi) is 5.61. The van der Waals surface area contributed by atoms with Gasteiger partial charge in [-0.3, -0.25) is 0 Å². The average molecular weight is 421 g/mol. The highest BCUT2D eigenvalue weighted by atomic mass is 35.5. The van der Waals surface area contributed by atoms with E-state index in [2.05, 4.69) is 15.7 Å². The molecule has 3 aromatic rings. The third-order valence-electron chi connectivity index (χ3n) is 4.82. The molecule has 1 aromatic carbocycles. The summed E-state index contributed by atoms with van der Waals surface area (Å²) in [4.78, 5) is 23.5. The molecule has 1 fully saturated rings. The minimum Gasteiger partial charge on any atom is -0.338 e. The number of nitrogens with one attached hydrogen (secondary N) is 1. The van der Waals surface area contributed by atoms with Crippen molar-refractivity contribution in [1.29, 1.82) is 0 Å². The zero-order chi connectivity index (χ0) is 18.8. The molecule has 1 saturated heterocycles. The van der Waals surface area contributed by atoms with E-state index >= 15 is 0 Å². The maximum atomic E-state index is 12.4. The molecule has 0 unspecified atom stereocenters. The predicted molar refractivity (Wildman–Crippen MR) is 112 cm³/mol. The largest absolute Gasteiger partial charge is 0.338 e. The van der Waals surface area contributed by atoms with Crippen LogP contribution in [-0.4, -0.2) is 40.5 Å². The van der Waals surface area contributed by atoms with Gasteiger partial charge in [-0.05, 0) is 38.0 Å². The van der Waals surface area contributed by atoms with Gasteiger partial charge in [0, 0.05) is 42.4 Å². The number of nitrogens with zero attached hydrogens (tertiary/aromatic N) is 3. The number of rotatable bonds is 4. The van der Waals surface area contributed by atoms with E-state index in [0.29, 0.717) is 12.5 Å². The summed E-state index contributed by atoms with van der Waals surface area (Å²) in [7, 11) is 0. The summed E-state index contributed by atoms with van der Waals surface area (Å²) in [5.41, 5.74) is 2.02. The first-order valence-electron chi connectivity index (χ1n) is 9.08.